The van der Waals surface area contributed by atoms with Crippen LogP contribution in [-0.4, -0.2) is 77.7 Å². The first-order valence-corrected chi connectivity index (χ1v) is 9.01. The fourth-order valence-electron chi connectivity index (χ4n) is 2.53. The summed E-state index contributed by atoms with van der Waals surface area (Å²) in [6, 6.07) is 0. The summed E-state index contributed by atoms with van der Waals surface area (Å²) < 4.78 is 6.08. The van der Waals surface area contributed by atoms with Gasteiger partial charge >= 0.3 is 5.97 Å². The van der Waals surface area contributed by atoms with Crippen LogP contribution in [0.4, 0.5) is 0 Å². The molecule has 0 aliphatic carbocycles. The lowest BCUT2D eigenvalue weighted by molar-refractivity contribution is -0.182. The predicted octanol–water partition coefficient (Wildman–Crippen LogP) is -1.02. The van der Waals surface area contributed by atoms with Gasteiger partial charge in [-0.1, -0.05) is 11.8 Å². The number of thioether (sulfide) groups is 2. The molecule has 0 bridgehead atoms. The van der Waals surface area contributed by atoms with Crippen LogP contribution >= 0.6 is 23.5 Å². The zero-order chi connectivity index (χ0) is 18.4. The van der Waals surface area contributed by atoms with Crippen molar-refractivity contribution < 1.29 is 24.2 Å². The number of aliphatic carboxylic acids is 1. The first-order chi connectivity index (χ1) is 11.8. The van der Waals surface area contributed by atoms with Crippen molar-refractivity contribution in [1.82, 2.24) is 25.1 Å². The molecule has 1 amide bonds. The third-order valence-electron chi connectivity index (χ3n) is 3.80. The van der Waals surface area contributed by atoms with Gasteiger partial charge in [0.05, 0.1) is 0 Å². The maximum absolute atomic E-state index is 12.3. The van der Waals surface area contributed by atoms with Crippen LogP contribution in [0, 0.1) is 0 Å². The van der Waals surface area contributed by atoms with E-state index in [1.54, 1.807) is 0 Å². The monoisotopic (exact) mass is 386 g/mol. The van der Waals surface area contributed by atoms with Gasteiger partial charge in [0, 0.05) is 25.5 Å². The molecule has 25 heavy (non-hydrogen) atoms. The molecule has 1 aromatic rings. The lowest BCUT2D eigenvalue weighted by atomic mass is 10.00. The van der Waals surface area contributed by atoms with Crippen LogP contribution in [0.15, 0.2) is 16.4 Å². The molecule has 2 aliphatic rings. The minimum absolute atomic E-state index is 0.110. The normalized spacial score (nSPS) is 25.6. The van der Waals surface area contributed by atoms with Gasteiger partial charge in [0.15, 0.2) is 0 Å². The van der Waals surface area contributed by atoms with Crippen molar-refractivity contribution in [3.8, 4) is 0 Å². The van der Waals surface area contributed by atoms with Gasteiger partial charge in [-0.05, 0) is 16.0 Å². The summed E-state index contributed by atoms with van der Waals surface area (Å²) in [4.78, 5) is 36.5. The summed E-state index contributed by atoms with van der Waals surface area (Å²) in [7, 11) is 1.31. The van der Waals surface area contributed by atoms with E-state index < -0.39 is 23.0 Å². The van der Waals surface area contributed by atoms with E-state index in [-0.39, 0.29) is 22.5 Å². The van der Waals surface area contributed by atoms with Crippen molar-refractivity contribution >= 4 is 41.3 Å². The maximum Gasteiger partial charge on any atom is 0.352 e. The van der Waals surface area contributed by atoms with Crippen molar-refractivity contribution in [2.24, 2.45) is 5.73 Å². The van der Waals surface area contributed by atoms with Crippen LogP contribution in [0.5, 0.6) is 0 Å². The first kappa shape index (κ1) is 17.8. The molecule has 0 saturated carbocycles. The largest absolute Gasteiger partial charge is 0.477 e. The molecule has 0 radical (unpaired) electrons. The molecule has 1 aromatic heterocycles. The standard InChI is InChI=1S/C12H14N6O5S2/c1-5(19)18-11(14-15-16-18)25-4-6-3-24-10-12(13,23-2)9(22)17(10)7(6)8(20)21/h10H,3-4,13H2,1-2H3,(H,20,21)/t10-,12+/m1/s1. The van der Waals surface area contributed by atoms with E-state index in [0.717, 1.165) is 21.3 Å². The number of carboxylic acid groups (broad SMARTS) is 1. The number of amides is 1. The summed E-state index contributed by atoms with van der Waals surface area (Å²) >= 11 is 2.44. The van der Waals surface area contributed by atoms with Crippen LogP contribution in [0.3, 0.4) is 0 Å². The average molecular weight is 386 g/mol. The SMILES string of the molecule is CO[C@@]1(N)C(=O)N2C(C(=O)O)=C(CSc3nnnn3C(C)=O)CS[C@@H]21. The fourth-order valence-corrected chi connectivity index (χ4v) is 4.98. The third kappa shape index (κ3) is 2.72. The molecule has 13 heteroatoms. The minimum atomic E-state index is -1.51. The quantitative estimate of drug-likeness (QED) is 0.276. The van der Waals surface area contributed by atoms with E-state index in [1.807, 2.05) is 0 Å². The molecule has 0 unspecified atom stereocenters. The smallest absolute Gasteiger partial charge is 0.352 e. The Morgan fingerprint density at radius 2 is 2.28 bits per heavy atom. The van der Waals surface area contributed by atoms with Gasteiger partial charge in [-0.2, -0.15) is 4.68 Å². The number of carbonyl (C=O) groups excluding carboxylic acids is 2. The Morgan fingerprint density at radius 3 is 2.88 bits per heavy atom. The molecule has 1 fully saturated rings. The number of carbonyl (C=O) groups is 3. The van der Waals surface area contributed by atoms with E-state index in [0.29, 0.717) is 11.3 Å². The van der Waals surface area contributed by atoms with Crippen molar-refractivity contribution in [2.45, 2.75) is 23.2 Å². The highest BCUT2D eigenvalue weighted by Crippen LogP contribution is 2.45. The molecule has 3 heterocycles. The molecule has 1 saturated heterocycles. The highest BCUT2D eigenvalue weighted by atomic mass is 32.2. The topological polar surface area (TPSA) is 154 Å². The Morgan fingerprint density at radius 1 is 1.56 bits per heavy atom. The van der Waals surface area contributed by atoms with E-state index in [1.165, 1.54) is 25.8 Å². The Bertz CT molecular complexity index is 795. The number of fused-ring (bicyclic) bond motifs is 1. The summed E-state index contributed by atoms with van der Waals surface area (Å²) in [6.45, 7) is 1.31. The molecule has 2 atom stereocenters. The summed E-state index contributed by atoms with van der Waals surface area (Å²) in [5, 5.41) is 19.9. The highest BCUT2D eigenvalue weighted by molar-refractivity contribution is 8.01. The minimum Gasteiger partial charge on any atom is -0.477 e. The van der Waals surface area contributed by atoms with Gasteiger partial charge in [0.25, 0.3) is 5.91 Å². The third-order valence-corrected chi connectivity index (χ3v) is 6.20. The Balaban J connectivity index is 1.85. The number of ether oxygens (including phenoxy) is 1. The van der Waals surface area contributed by atoms with Crippen LogP contribution in [0.2, 0.25) is 0 Å². The number of nitrogens with zero attached hydrogens (tertiary/aromatic N) is 5. The summed E-state index contributed by atoms with van der Waals surface area (Å²) in [5.74, 6) is -1.61. The zero-order valence-corrected chi connectivity index (χ0v) is 14.8. The van der Waals surface area contributed by atoms with E-state index >= 15 is 0 Å². The molecule has 0 spiro atoms. The van der Waals surface area contributed by atoms with Gasteiger partial charge in [0.1, 0.15) is 11.1 Å². The second-order valence-corrected chi connectivity index (χ2v) is 7.29. The molecule has 134 valence electrons. The van der Waals surface area contributed by atoms with Crippen LogP contribution in [-0.2, 0) is 14.3 Å². The van der Waals surface area contributed by atoms with Crippen molar-refractivity contribution in [1.29, 1.82) is 0 Å². The molecule has 3 rings (SSSR count). The Kier molecular flexibility index (Phi) is 4.57. The van der Waals surface area contributed by atoms with Crippen molar-refractivity contribution in [2.75, 3.05) is 18.6 Å². The van der Waals surface area contributed by atoms with Gasteiger partial charge in [0.2, 0.25) is 16.8 Å². The van der Waals surface area contributed by atoms with Crippen molar-refractivity contribution in [3.05, 3.63) is 11.3 Å². The maximum atomic E-state index is 12.3. The van der Waals surface area contributed by atoms with Gasteiger partial charge in [-0.3, -0.25) is 20.2 Å². The van der Waals surface area contributed by atoms with Crippen LogP contribution in [0.25, 0.3) is 0 Å². The Hall–Kier alpha value is -1.96. The average Bonchev–Trinajstić information content (AvgIpc) is 3.06. The molecule has 0 aromatic carbocycles. The van der Waals surface area contributed by atoms with E-state index in [9.17, 15) is 19.5 Å². The van der Waals surface area contributed by atoms with Gasteiger partial charge in [-0.25, -0.2) is 4.79 Å². The van der Waals surface area contributed by atoms with Crippen LogP contribution < -0.4 is 5.73 Å². The second kappa shape index (κ2) is 6.40. The number of nitrogens with two attached hydrogens (primary N) is 1. The Labute approximate surface area is 149 Å². The first-order valence-electron chi connectivity index (χ1n) is 6.98. The number of tetrazole rings is 1. The van der Waals surface area contributed by atoms with Gasteiger partial charge in [-0.15, -0.1) is 16.9 Å². The second-order valence-electron chi connectivity index (χ2n) is 5.27. The van der Waals surface area contributed by atoms with E-state index in [2.05, 4.69) is 15.5 Å². The highest BCUT2D eigenvalue weighted by Gasteiger charge is 2.63. The number of β-lactam (4-membered cyclic amide) rings is 1. The van der Waals surface area contributed by atoms with E-state index in [4.69, 9.17) is 10.5 Å². The molecule has 11 nitrogen and oxygen atoms in total. The number of rotatable bonds is 5. The molecular weight excluding hydrogens is 372 g/mol. The lowest BCUT2D eigenvalue weighted by Gasteiger charge is -2.54. The summed E-state index contributed by atoms with van der Waals surface area (Å²) in [5.41, 5.74) is 4.79. The number of hydrogen-bond acceptors (Lipinski definition) is 10. The fraction of sp³-hybridized carbons (Fsp3) is 0.500. The number of hydrogen-bond donors (Lipinski definition) is 2. The van der Waals surface area contributed by atoms with Crippen LogP contribution in [0.1, 0.15) is 11.7 Å². The number of aromatic nitrogens is 4. The predicted molar refractivity (Wildman–Crippen MR) is 86.5 cm³/mol. The van der Waals surface area contributed by atoms with Crippen molar-refractivity contribution in [3.63, 3.8) is 0 Å². The zero-order valence-electron chi connectivity index (χ0n) is 13.2. The molecule has 2 aliphatic heterocycles. The number of methoxy groups -OCH3 is 1. The molecular formula is C12H14N6O5S2. The number of carboxylic acids is 1. The lowest BCUT2D eigenvalue weighted by Crippen LogP contribution is -2.78. The molecule has 3 N–H and O–H groups in total. The summed E-state index contributed by atoms with van der Waals surface area (Å²) in [6.07, 6.45) is 0. The van der Waals surface area contributed by atoms with Gasteiger partial charge < -0.3 is 9.84 Å².